The largest absolute Gasteiger partial charge is 0.460 e. The summed E-state index contributed by atoms with van der Waals surface area (Å²) in [5.41, 5.74) is 3.79. The quantitative estimate of drug-likeness (QED) is 0.741. The second-order valence-corrected chi connectivity index (χ2v) is 6.92. The number of esters is 1. The average Bonchev–Trinajstić information content (AvgIpc) is 1.92. The molecule has 0 aliphatic rings. The zero-order chi connectivity index (χ0) is 14.1. The van der Waals surface area contributed by atoms with Crippen molar-refractivity contribution in [2.45, 2.75) is 71.6 Å². The summed E-state index contributed by atoms with van der Waals surface area (Å²) in [4.78, 5) is 12.1. The van der Waals surface area contributed by atoms with Crippen molar-refractivity contribution in [3.63, 3.8) is 0 Å². The van der Waals surface area contributed by atoms with Gasteiger partial charge in [-0.05, 0) is 54.9 Å². The van der Waals surface area contributed by atoms with Crippen LogP contribution in [0.3, 0.4) is 0 Å². The van der Waals surface area contributed by atoms with Crippen LogP contribution in [0.2, 0.25) is 0 Å². The maximum atomic E-state index is 12.1. The van der Waals surface area contributed by atoms with Crippen molar-refractivity contribution < 1.29 is 14.6 Å². The molecular weight excluding hydrogens is 218 g/mol. The van der Waals surface area contributed by atoms with E-state index in [1.165, 1.54) is 0 Å². The summed E-state index contributed by atoms with van der Waals surface area (Å²) in [6.45, 7) is 12.3. The van der Waals surface area contributed by atoms with Crippen LogP contribution in [0.1, 0.15) is 54.9 Å². The summed E-state index contributed by atoms with van der Waals surface area (Å²) < 4.78 is 5.34. The number of aliphatic hydroxyl groups is 1. The van der Waals surface area contributed by atoms with Gasteiger partial charge in [-0.25, -0.2) is 0 Å². The molecular formula is C13H27NO3. The molecule has 0 rings (SSSR count). The third-order valence-electron chi connectivity index (χ3n) is 2.29. The topological polar surface area (TPSA) is 72.5 Å². The molecule has 0 aromatic rings. The minimum absolute atomic E-state index is 0.283. The lowest BCUT2D eigenvalue weighted by Gasteiger charge is -2.34. The van der Waals surface area contributed by atoms with E-state index in [-0.39, 0.29) is 12.4 Å². The first-order valence-corrected chi connectivity index (χ1v) is 5.96. The van der Waals surface area contributed by atoms with E-state index in [4.69, 9.17) is 10.5 Å². The molecule has 0 amide bonds. The summed E-state index contributed by atoms with van der Waals surface area (Å²) in [5.74, 6) is -0.881. The molecule has 3 N–H and O–H groups in total. The Labute approximate surface area is 105 Å². The smallest absolute Gasteiger partial charge is 0.311 e. The fraction of sp³-hybridized carbons (Fsp3) is 0.923. The second kappa shape index (κ2) is 4.94. The maximum absolute atomic E-state index is 12.1. The van der Waals surface area contributed by atoms with Gasteiger partial charge in [0, 0.05) is 5.54 Å². The summed E-state index contributed by atoms with van der Waals surface area (Å²) >= 11 is 0. The van der Waals surface area contributed by atoms with Crippen LogP contribution in [0.4, 0.5) is 0 Å². The summed E-state index contributed by atoms with van der Waals surface area (Å²) in [6.07, 6.45) is 0.283. The highest BCUT2D eigenvalue weighted by Crippen LogP contribution is 2.27. The Morgan fingerprint density at radius 3 is 1.82 bits per heavy atom. The molecule has 4 nitrogen and oxygen atoms in total. The number of ether oxygens (including phenoxy) is 1. The summed E-state index contributed by atoms with van der Waals surface area (Å²) in [7, 11) is 0. The first-order chi connectivity index (χ1) is 7.22. The second-order valence-electron chi connectivity index (χ2n) is 6.92. The molecule has 0 unspecified atom stereocenters. The Bertz CT molecular complexity index is 266. The molecule has 4 heteroatoms. The Balaban J connectivity index is 4.90. The van der Waals surface area contributed by atoms with Gasteiger partial charge in [0.1, 0.15) is 5.60 Å². The van der Waals surface area contributed by atoms with E-state index in [0.29, 0.717) is 0 Å². The van der Waals surface area contributed by atoms with Crippen molar-refractivity contribution in [3.05, 3.63) is 0 Å². The van der Waals surface area contributed by atoms with Gasteiger partial charge < -0.3 is 15.6 Å². The summed E-state index contributed by atoms with van der Waals surface area (Å²) in [6, 6.07) is 0. The van der Waals surface area contributed by atoms with Crippen LogP contribution in [0.5, 0.6) is 0 Å². The first-order valence-electron chi connectivity index (χ1n) is 5.96. The van der Waals surface area contributed by atoms with Gasteiger partial charge in [-0.2, -0.15) is 0 Å². The molecule has 0 fully saturated rings. The third-order valence-corrected chi connectivity index (χ3v) is 2.29. The van der Waals surface area contributed by atoms with Gasteiger partial charge >= 0.3 is 5.97 Å². The number of carbonyl (C=O) groups excluding carboxylic acids is 1. The molecule has 0 heterocycles. The zero-order valence-electron chi connectivity index (χ0n) is 12.1. The van der Waals surface area contributed by atoms with Gasteiger partial charge in [0.05, 0.1) is 11.5 Å². The molecule has 0 aromatic heterocycles. The van der Waals surface area contributed by atoms with Crippen molar-refractivity contribution in [1.29, 1.82) is 0 Å². The van der Waals surface area contributed by atoms with E-state index in [0.717, 1.165) is 0 Å². The number of rotatable bonds is 4. The van der Waals surface area contributed by atoms with E-state index in [1.807, 2.05) is 20.8 Å². The van der Waals surface area contributed by atoms with Gasteiger partial charge in [0.15, 0.2) is 0 Å². The Kier molecular flexibility index (Phi) is 4.77. The highest BCUT2D eigenvalue weighted by Gasteiger charge is 2.38. The fourth-order valence-corrected chi connectivity index (χ4v) is 1.52. The van der Waals surface area contributed by atoms with Gasteiger partial charge in [-0.3, -0.25) is 4.79 Å². The van der Waals surface area contributed by atoms with E-state index >= 15 is 0 Å². The van der Waals surface area contributed by atoms with Gasteiger partial charge in [0.25, 0.3) is 0 Å². The molecule has 0 saturated carbocycles. The molecule has 102 valence electrons. The minimum atomic E-state index is -0.946. The molecule has 0 aliphatic heterocycles. The normalized spacial score (nSPS) is 15.6. The van der Waals surface area contributed by atoms with E-state index < -0.39 is 22.7 Å². The molecule has 0 radical (unpaired) electrons. The van der Waals surface area contributed by atoms with Crippen LogP contribution in [0.15, 0.2) is 0 Å². The van der Waals surface area contributed by atoms with E-state index in [9.17, 15) is 9.90 Å². The molecule has 0 aliphatic carbocycles. The lowest BCUT2D eigenvalue weighted by atomic mass is 9.80. The van der Waals surface area contributed by atoms with Crippen LogP contribution in [0, 0.1) is 5.92 Å². The average molecular weight is 245 g/mol. The standard InChI is InChI=1S/C13H27NO3/c1-11(2,3)17-10(15)9(13(6,7)14)8-12(4,5)16/h9,16H,8,14H2,1-7H3/t9-/m1/s1. The van der Waals surface area contributed by atoms with Crippen LogP contribution < -0.4 is 5.73 Å². The predicted molar refractivity (Wildman–Crippen MR) is 68.5 cm³/mol. The Hall–Kier alpha value is -0.610. The van der Waals surface area contributed by atoms with Gasteiger partial charge in [0.2, 0.25) is 0 Å². The Morgan fingerprint density at radius 2 is 1.59 bits per heavy atom. The number of nitrogens with two attached hydrogens (primary N) is 1. The number of hydrogen-bond acceptors (Lipinski definition) is 4. The zero-order valence-corrected chi connectivity index (χ0v) is 12.1. The van der Waals surface area contributed by atoms with Crippen molar-refractivity contribution in [3.8, 4) is 0 Å². The van der Waals surface area contributed by atoms with Crippen LogP contribution in [-0.4, -0.2) is 27.8 Å². The van der Waals surface area contributed by atoms with Crippen molar-refractivity contribution >= 4 is 5.97 Å². The third kappa shape index (κ3) is 7.34. The van der Waals surface area contributed by atoms with Gasteiger partial charge in [-0.15, -0.1) is 0 Å². The first kappa shape index (κ1) is 16.4. The van der Waals surface area contributed by atoms with Crippen LogP contribution >= 0.6 is 0 Å². The molecule has 17 heavy (non-hydrogen) atoms. The van der Waals surface area contributed by atoms with Crippen LogP contribution in [-0.2, 0) is 9.53 Å². The molecule has 0 bridgehead atoms. The monoisotopic (exact) mass is 245 g/mol. The van der Waals surface area contributed by atoms with E-state index in [1.54, 1.807) is 27.7 Å². The number of hydrogen-bond donors (Lipinski definition) is 2. The van der Waals surface area contributed by atoms with Crippen molar-refractivity contribution in [2.24, 2.45) is 11.7 Å². The molecule has 0 aromatic carbocycles. The highest BCUT2D eigenvalue weighted by molar-refractivity contribution is 5.74. The van der Waals surface area contributed by atoms with E-state index in [2.05, 4.69) is 0 Å². The number of carbonyl (C=O) groups is 1. The van der Waals surface area contributed by atoms with Gasteiger partial charge in [-0.1, -0.05) is 0 Å². The van der Waals surface area contributed by atoms with Crippen LogP contribution in [0.25, 0.3) is 0 Å². The molecule has 0 saturated heterocycles. The lowest BCUT2D eigenvalue weighted by Crippen LogP contribution is -2.49. The molecule has 0 spiro atoms. The van der Waals surface area contributed by atoms with Crippen molar-refractivity contribution in [2.75, 3.05) is 0 Å². The minimum Gasteiger partial charge on any atom is -0.460 e. The highest BCUT2D eigenvalue weighted by atomic mass is 16.6. The Morgan fingerprint density at radius 1 is 1.18 bits per heavy atom. The summed E-state index contributed by atoms with van der Waals surface area (Å²) in [5, 5.41) is 9.84. The fourth-order valence-electron chi connectivity index (χ4n) is 1.52. The van der Waals surface area contributed by atoms with Crippen molar-refractivity contribution in [1.82, 2.24) is 0 Å². The lowest BCUT2D eigenvalue weighted by molar-refractivity contribution is -0.164. The SMILES string of the molecule is CC(C)(O)C[C@H](C(=O)OC(C)(C)C)C(C)(C)N. The predicted octanol–water partition coefficient (Wildman–Crippen LogP) is 1.84. The maximum Gasteiger partial charge on any atom is 0.311 e. The molecule has 1 atom stereocenters.